The van der Waals surface area contributed by atoms with Gasteiger partial charge in [0.1, 0.15) is 17.5 Å². The first-order valence-corrected chi connectivity index (χ1v) is 6.18. The van der Waals surface area contributed by atoms with Crippen LogP contribution in [0.1, 0.15) is 5.82 Å². The quantitative estimate of drug-likeness (QED) is 0.706. The minimum atomic E-state index is -0.412. The van der Waals surface area contributed by atoms with Gasteiger partial charge in [-0.15, -0.1) is 10.2 Å². The Balaban J connectivity index is 1.95. The van der Waals surface area contributed by atoms with E-state index in [-0.39, 0.29) is 11.4 Å². The number of benzene rings is 1. The zero-order valence-electron chi connectivity index (χ0n) is 11.1. The topological polar surface area (TPSA) is 108 Å². The largest absolute Gasteiger partial charge is 0.358 e. The van der Waals surface area contributed by atoms with E-state index in [2.05, 4.69) is 31.0 Å². The molecule has 108 valence electrons. The molecule has 3 aromatic rings. The monoisotopic (exact) mass is 296 g/mol. The van der Waals surface area contributed by atoms with E-state index in [1.807, 2.05) is 6.07 Å². The van der Waals surface area contributed by atoms with E-state index in [1.54, 1.807) is 29.2 Å². The number of nitriles is 1. The number of tetrazole rings is 1. The minimum absolute atomic E-state index is 0.145. The summed E-state index contributed by atoms with van der Waals surface area (Å²) in [6, 6.07) is 7.91. The Morgan fingerprint density at radius 1 is 1.45 bits per heavy atom. The first-order valence-electron chi connectivity index (χ1n) is 6.18. The van der Waals surface area contributed by atoms with E-state index < -0.39 is 5.82 Å². The molecule has 0 saturated heterocycles. The standard InChI is InChI=1S/C13H9FN8/c14-10-2-3-12(22-5-1-4-17-22)11(6-10)16-8-9(7-15)13-18-20-21-19-13/h1-6,8,16H,(H,18,19,20,21). The van der Waals surface area contributed by atoms with Crippen molar-refractivity contribution in [2.45, 2.75) is 0 Å². The van der Waals surface area contributed by atoms with E-state index >= 15 is 0 Å². The first kappa shape index (κ1) is 13.4. The van der Waals surface area contributed by atoms with Crippen molar-refractivity contribution in [2.24, 2.45) is 0 Å². The molecular formula is C13H9FN8. The minimum Gasteiger partial charge on any atom is -0.358 e. The Hall–Kier alpha value is -3.54. The molecular weight excluding hydrogens is 287 g/mol. The van der Waals surface area contributed by atoms with Gasteiger partial charge in [0.15, 0.2) is 0 Å². The van der Waals surface area contributed by atoms with Gasteiger partial charge in [-0.05, 0) is 29.5 Å². The summed E-state index contributed by atoms with van der Waals surface area (Å²) in [4.78, 5) is 0. The third kappa shape index (κ3) is 2.66. The molecule has 8 nitrogen and oxygen atoms in total. The molecule has 2 aromatic heterocycles. The number of rotatable bonds is 4. The van der Waals surface area contributed by atoms with Crippen molar-refractivity contribution in [1.82, 2.24) is 30.4 Å². The maximum atomic E-state index is 13.5. The smallest absolute Gasteiger partial charge is 0.216 e. The van der Waals surface area contributed by atoms with Crippen molar-refractivity contribution in [3.8, 4) is 11.8 Å². The van der Waals surface area contributed by atoms with Crippen LogP contribution in [-0.4, -0.2) is 30.4 Å². The molecule has 9 heteroatoms. The van der Waals surface area contributed by atoms with Crippen LogP contribution in [0.15, 0.2) is 42.9 Å². The molecule has 0 bridgehead atoms. The lowest BCUT2D eigenvalue weighted by Gasteiger charge is -2.09. The highest BCUT2D eigenvalue weighted by Gasteiger charge is 2.08. The summed E-state index contributed by atoms with van der Waals surface area (Å²) in [5, 5.41) is 29.2. The second-order valence-corrected chi connectivity index (χ2v) is 4.16. The normalized spacial score (nSPS) is 11.2. The number of hydrogen-bond acceptors (Lipinski definition) is 6. The number of allylic oxidation sites excluding steroid dienone is 1. The number of anilines is 1. The van der Waals surface area contributed by atoms with Crippen molar-refractivity contribution >= 4 is 11.3 Å². The molecule has 0 spiro atoms. The fourth-order valence-corrected chi connectivity index (χ4v) is 1.81. The van der Waals surface area contributed by atoms with Gasteiger partial charge in [-0.3, -0.25) is 0 Å². The SMILES string of the molecule is N#CC(=CNc1cc(F)ccc1-n1cccn1)c1nn[nH]n1. The summed E-state index contributed by atoms with van der Waals surface area (Å²) < 4.78 is 15.1. The van der Waals surface area contributed by atoms with Crippen LogP contribution in [0.25, 0.3) is 11.3 Å². The number of aromatic nitrogens is 6. The van der Waals surface area contributed by atoms with Gasteiger partial charge in [-0.25, -0.2) is 9.07 Å². The zero-order valence-corrected chi connectivity index (χ0v) is 11.1. The van der Waals surface area contributed by atoms with Gasteiger partial charge in [0.2, 0.25) is 5.82 Å². The number of nitrogens with one attached hydrogen (secondary N) is 2. The maximum absolute atomic E-state index is 13.5. The summed E-state index contributed by atoms with van der Waals surface area (Å²) in [6.45, 7) is 0. The van der Waals surface area contributed by atoms with Gasteiger partial charge < -0.3 is 5.32 Å². The lowest BCUT2D eigenvalue weighted by Crippen LogP contribution is -2.01. The number of halogens is 1. The molecule has 0 aliphatic heterocycles. The number of H-pyrrole nitrogens is 1. The highest BCUT2D eigenvalue weighted by Crippen LogP contribution is 2.21. The highest BCUT2D eigenvalue weighted by molar-refractivity contribution is 5.75. The molecule has 1 aromatic carbocycles. The fraction of sp³-hybridized carbons (Fsp3) is 0. The lowest BCUT2D eigenvalue weighted by atomic mass is 10.2. The predicted molar refractivity (Wildman–Crippen MR) is 74.9 cm³/mol. The Labute approximate surface area is 123 Å². The molecule has 22 heavy (non-hydrogen) atoms. The second-order valence-electron chi connectivity index (χ2n) is 4.16. The molecule has 0 amide bonds. The third-order valence-corrected chi connectivity index (χ3v) is 2.79. The zero-order chi connectivity index (χ0) is 15.4. The van der Waals surface area contributed by atoms with Crippen LogP contribution in [0.3, 0.4) is 0 Å². The molecule has 0 radical (unpaired) electrons. The summed E-state index contributed by atoms with van der Waals surface area (Å²) in [5.41, 5.74) is 1.23. The first-order chi connectivity index (χ1) is 10.8. The molecule has 2 heterocycles. The molecule has 0 atom stereocenters. The average Bonchev–Trinajstić information content (AvgIpc) is 3.21. The summed E-state index contributed by atoms with van der Waals surface area (Å²) in [7, 11) is 0. The molecule has 3 rings (SSSR count). The van der Waals surface area contributed by atoms with Crippen molar-refractivity contribution in [2.75, 3.05) is 5.32 Å². The predicted octanol–water partition coefficient (Wildman–Crippen LogP) is 1.50. The van der Waals surface area contributed by atoms with E-state index in [1.165, 1.54) is 18.3 Å². The Morgan fingerprint density at radius 2 is 2.36 bits per heavy atom. The van der Waals surface area contributed by atoms with Gasteiger partial charge in [-0.2, -0.15) is 15.6 Å². The lowest BCUT2D eigenvalue weighted by molar-refractivity contribution is 0.627. The van der Waals surface area contributed by atoms with Crippen LogP contribution in [0.4, 0.5) is 10.1 Å². The molecule has 2 N–H and O–H groups in total. The van der Waals surface area contributed by atoms with Gasteiger partial charge in [0, 0.05) is 18.6 Å². The van der Waals surface area contributed by atoms with Gasteiger partial charge in [0.25, 0.3) is 0 Å². The van der Waals surface area contributed by atoms with E-state index in [0.29, 0.717) is 11.4 Å². The van der Waals surface area contributed by atoms with Crippen molar-refractivity contribution < 1.29 is 4.39 Å². The summed E-state index contributed by atoms with van der Waals surface area (Å²) in [5.74, 6) is -0.267. The number of hydrogen-bond donors (Lipinski definition) is 2. The third-order valence-electron chi connectivity index (χ3n) is 2.79. The molecule has 0 fully saturated rings. The Bertz CT molecular complexity index is 830. The van der Waals surface area contributed by atoms with Crippen molar-refractivity contribution in [3.63, 3.8) is 0 Å². The Kier molecular flexibility index (Phi) is 3.57. The van der Waals surface area contributed by atoms with E-state index in [0.717, 1.165) is 0 Å². The van der Waals surface area contributed by atoms with E-state index in [9.17, 15) is 4.39 Å². The van der Waals surface area contributed by atoms with Crippen LogP contribution < -0.4 is 5.32 Å². The number of aromatic amines is 1. The van der Waals surface area contributed by atoms with Gasteiger partial charge in [0.05, 0.1) is 11.4 Å². The van der Waals surface area contributed by atoms with Crippen LogP contribution in [0.5, 0.6) is 0 Å². The van der Waals surface area contributed by atoms with Crippen molar-refractivity contribution in [1.29, 1.82) is 5.26 Å². The molecule has 0 unspecified atom stereocenters. The summed E-state index contributed by atoms with van der Waals surface area (Å²) in [6.07, 6.45) is 4.72. The molecule has 0 aliphatic carbocycles. The van der Waals surface area contributed by atoms with Gasteiger partial charge >= 0.3 is 0 Å². The molecule has 0 saturated carbocycles. The van der Waals surface area contributed by atoms with Crippen LogP contribution >= 0.6 is 0 Å². The van der Waals surface area contributed by atoms with Crippen LogP contribution in [0, 0.1) is 17.1 Å². The average molecular weight is 296 g/mol. The molecule has 0 aliphatic rings. The maximum Gasteiger partial charge on any atom is 0.216 e. The van der Waals surface area contributed by atoms with Crippen LogP contribution in [0.2, 0.25) is 0 Å². The highest BCUT2D eigenvalue weighted by atomic mass is 19.1. The summed E-state index contributed by atoms with van der Waals surface area (Å²) >= 11 is 0. The number of nitrogens with zero attached hydrogens (tertiary/aromatic N) is 6. The van der Waals surface area contributed by atoms with Crippen molar-refractivity contribution in [3.05, 3.63) is 54.5 Å². The second kappa shape index (κ2) is 5.84. The van der Waals surface area contributed by atoms with E-state index in [4.69, 9.17) is 5.26 Å². The van der Waals surface area contributed by atoms with Crippen LogP contribution in [-0.2, 0) is 0 Å². The van der Waals surface area contributed by atoms with Gasteiger partial charge in [-0.1, -0.05) is 0 Å². The Morgan fingerprint density at radius 3 is 3.05 bits per heavy atom. The fourth-order valence-electron chi connectivity index (χ4n) is 1.81.